The summed E-state index contributed by atoms with van der Waals surface area (Å²) >= 11 is 3.39. The van der Waals surface area contributed by atoms with Crippen molar-refractivity contribution in [3.63, 3.8) is 0 Å². The number of piperazine rings is 1. The number of benzene rings is 1. The molecule has 1 aliphatic heterocycles. The van der Waals surface area contributed by atoms with E-state index in [9.17, 15) is 0 Å². The largest absolute Gasteiger partial charge is 0.369 e. The van der Waals surface area contributed by atoms with Crippen LogP contribution in [0.1, 0.15) is 0 Å². The highest BCUT2D eigenvalue weighted by Crippen LogP contribution is 2.18. The van der Waals surface area contributed by atoms with Crippen molar-refractivity contribution in [2.75, 3.05) is 33.2 Å². The van der Waals surface area contributed by atoms with Crippen LogP contribution in [-0.4, -0.2) is 54.9 Å². The molecule has 1 aromatic carbocycles. The molecule has 2 rings (SSSR count). The van der Waals surface area contributed by atoms with E-state index in [-0.39, 0.29) is 18.4 Å². The van der Waals surface area contributed by atoms with Gasteiger partial charge >= 0.3 is 0 Å². The summed E-state index contributed by atoms with van der Waals surface area (Å²) in [7, 11) is 2.09. The quantitative estimate of drug-likeness (QED) is 0.574. The molecule has 0 radical (unpaired) electrons. The molecule has 1 aromatic rings. The fourth-order valence-electron chi connectivity index (χ4n) is 1.93. The molecule has 116 valence electrons. The fourth-order valence-corrected chi connectivity index (χ4v) is 2.31. The van der Waals surface area contributed by atoms with Crippen LogP contribution >= 0.6 is 28.3 Å². The molecular weight excluding hydrogens is 356 g/mol. The Morgan fingerprint density at radius 2 is 1.86 bits per heavy atom. The van der Waals surface area contributed by atoms with Crippen LogP contribution in [0.3, 0.4) is 0 Å². The highest BCUT2D eigenvalue weighted by Gasteiger charge is 2.15. The highest BCUT2D eigenvalue weighted by molar-refractivity contribution is 9.10. The second kappa shape index (κ2) is 8.21. The zero-order chi connectivity index (χ0) is 14.5. The first-order valence-electron chi connectivity index (χ1n) is 6.42. The Morgan fingerprint density at radius 1 is 1.19 bits per heavy atom. The molecule has 4 N–H and O–H groups in total. The maximum absolute atomic E-state index is 5.97. The van der Waals surface area contributed by atoms with Gasteiger partial charge in [0, 0.05) is 30.7 Å². The van der Waals surface area contributed by atoms with Gasteiger partial charge in [0.15, 0.2) is 5.96 Å². The van der Waals surface area contributed by atoms with Crippen molar-refractivity contribution >= 4 is 45.9 Å². The van der Waals surface area contributed by atoms with Gasteiger partial charge in [-0.15, -0.1) is 12.4 Å². The van der Waals surface area contributed by atoms with E-state index in [2.05, 4.69) is 37.9 Å². The summed E-state index contributed by atoms with van der Waals surface area (Å²) in [5, 5.41) is 0. The van der Waals surface area contributed by atoms with Gasteiger partial charge in [-0.25, -0.2) is 4.99 Å². The topological polar surface area (TPSA) is 83.2 Å². The van der Waals surface area contributed by atoms with E-state index in [1.807, 2.05) is 29.2 Å². The molecule has 1 saturated heterocycles. The van der Waals surface area contributed by atoms with E-state index in [4.69, 9.17) is 11.5 Å². The first-order valence-corrected chi connectivity index (χ1v) is 7.21. The molecule has 0 amide bonds. The molecule has 6 nitrogen and oxygen atoms in total. The first kappa shape index (κ1) is 17.7. The average molecular weight is 376 g/mol. The smallest absolute Gasteiger partial charge is 0.223 e. The minimum Gasteiger partial charge on any atom is -0.369 e. The predicted octanol–water partition coefficient (Wildman–Crippen LogP) is 1.38. The van der Waals surface area contributed by atoms with Crippen LogP contribution in [0.5, 0.6) is 0 Å². The number of guanidine groups is 2. The average Bonchev–Trinajstić information content (AvgIpc) is 2.39. The van der Waals surface area contributed by atoms with E-state index in [0.29, 0.717) is 5.96 Å². The van der Waals surface area contributed by atoms with Crippen LogP contribution < -0.4 is 11.5 Å². The second-order valence-corrected chi connectivity index (χ2v) is 5.63. The lowest BCUT2D eigenvalue weighted by Gasteiger charge is -2.32. The van der Waals surface area contributed by atoms with Gasteiger partial charge in [0.25, 0.3) is 0 Å². The SMILES string of the molecule is CN1CCN(C(N)=NC(N)=Nc2cccc(Br)c2)CC1.Cl. The summed E-state index contributed by atoms with van der Waals surface area (Å²) in [4.78, 5) is 12.7. The standard InChI is InChI=1S/C13H19BrN6.ClH/c1-19-5-7-20(8-6-19)13(16)18-12(15)17-11-4-2-3-10(14)9-11;/h2-4,9H,5-8H2,1H3,(H4,15,16,17,18);1H. The zero-order valence-electron chi connectivity index (χ0n) is 11.9. The third kappa shape index (κ3) is 5.53. The third-order valence-electron chi connectivity index (χ3n) is 3.11. The van der Waals surface area contributed by atoms with Crippen LogP contribution in [0.4, 0.5) is 5.69 Å². The molecule has 21 heavy (non-hydrogen) atoms. The Morgan fingerprint density at radius 3 is 2.48 bits per heavy atom. The van der Waals surface area contributed by atoms with Crippen molar-refractivity contribution in [1.82, 2.24) is 9.80 Å². The molecule has 1 aliphatic rings. The molecule has 0 spiro atoms. The molecule has 1 heterocycles. The molecule has 1 fully saturated rings. The summed E-state index contributed by atoms with van der Waals surface area (Å²) in [6.07, 6.45) is 0. The van der Waals surface area contributed by atoms with Gasteiger partial charge < -0.3 is 21.3 Å². The first-order chi connectivity index (χ1) is 9.54. The minimum atomic E-state index is 0. The summed E-state index contributed by atoms with van der Waals surface area (Å²) in [5.74, 6) is 0.592. The molecule has 0 aliphatic carbocycles. The Balaban J connectivity index is 0.00000220. The summed E-state index contributed by atoms with van der Waals surface area (Å²) in [5.41, 5.74) is 12.5. The maximum atomic E-state index is 5.97. The Hall–Kier alpha value is -1.31. The minimum absolute atomic E-state index is 0. The molecule has 0 unspecified atom stereocenters. The van der Waals surface area contributed by atoms with Gasteiger partial charge in [0.2, 0.25) is 5.96 Å². The van der Waals surface area contributed by atoms with Crippen LogP contribution in [0.25, 0.3) is 0 Å². The summed E-state index contributed by atoms with van der Waals surface area (Å²) in [6.45, 7) is 3.66. The van der Waals surface area contributed by atoms with Crippen LogP contribution in [-0.2, 0) is 0 Å². The van der Waals surface area contributed by atoms with Gasteiger partial charge in [0.1, 0.15) is 0 Å². The molecule has 0 saturated carbocycles. The number of nitrogens with two attached hydrogens (primary N) is 2. The van der Waals surface area contributed by atoms with E-state index in [0.717, 1.165) is 36.3 Å². The number of hydrogen-bond donors (Lipinski definition) is 2. The number of halogens is 2. The number of aliphatic imine (C=N–C) groups is 2. The Bertz CT molecular complexity index is 525. The summed E-state index contributed by atoms with van der Waals surface area (Å²) in [6, 6.07) is 7.55. The van der Waals surface area contributed by atoms with Gasteiger partial charge in [-0.2, -0.15) is 4.99 Å². The van der Waals surface area contributed by atoms with E-state index >= 15 is 0 Å². The normalized spacial score (nSPS) is 17.5. The van der Waals surface area contributed by atoms with Crippen LogP contribution in [0.2, 0.25) is 0 Å². The number of likely N-dealkylation sites (N-methyl/N-ethyl adjacent to an activating group) is 1. The van der Waals surface area contributed by atoms with Gasteiger partial charge in [-0.3, -0.25) is 0 Å². The van der Waals surface area contributed by atoms with Gasteiger partial charge in [-0.1, -0.05) is 22.0 Å². The van der Waals surface area contributed by atoms with Crippen molar-refractivity contribution in [2.45, 2.75) is 0 Å². The zero-order valence-corrected chi connectivity index (χ0v) is 14.3. The van der Waals surface area contributed by atoms with Gasteiger partial charge in [0.05, 0.1) is 5.69 Å². The number of rotatable bonds is 1. The lowest BCUT2D eigenvalue weighted by Crippen LogP contribution is -2.50. The van der Waals surface area contributed by atoms with Crippen LogP contribution in [0, 0.1) is 0 Å². The molecular formula is C13H20BrClN6. The highest BCUT2D eigenvalue weighted by atomic mass is 79.9. The third-order valence-corrected chi connectivity index (χ3v) is 3.60. The number of hydrogen-bond acceptors (Lipinski definition) is 2. The lowest BCUT2D eigenvalue weighted by atomic mass is 10.3. The van der Waals surface area contributed by atoms with Crippen molar-refractivity contribution in [3.8, 4) is 0 Å². The fraction of sp³-hybridized carbons (Fsp3) is 0.385. The Kier molecular flexibility index (Phi) is 6.94. The van der Waals surface area contributed by atoms with E-state index in [1.54, 1.807) is 0 Å². The van der Waals surface area contributed by atoms with Gasteiger partial charge in [-0.05, 0) is 25.2 Å². The van der Waals surface area contributed by atoms with Crippen molar-refractivity contribution in [2.24, 2.45) is 21.5 Å². The molecule has 0 aromatic heterocycles. The monoisotopic (exact) mass is 374 g/mol. The summed E-state index contributed by atoms with van der Waals surface area (Å²) < 4.78 is 0.947. The maximum Gasteiger partial charge on any atom is 0.223 e. The molecule has 0 atom stereocenters. The predicted molar refractivity (Wildman–Crippen MR) is 93.4 cm³/mol. The van der Waals surface area contributed by atoms with Crippen LogP contribution in [0.15, 0.2) is 38.7 Å². The van der Waals surface area contributed by atoms with E-state index < -0.39 is 0 Å². The van der Waals surface area contributed by atoms with Crippen molar-refractivity contribution in [3.05, 3.63) is 28.7 Å². The second-order valence-electron chi connectivity index (χ2n) is 4.71. The Labute approximate surface area is 139 Å². The number of nitrogens with zero attached hydrogens (tertiary/aromatic N) is 4. The van der Waals surface area contributed by atoms with E-state index in [1.165, 1.54) is 0 Å². The van der Waals surface area contributed by atoms with Crippen molar-refractivity contribution in [1.29, 1.82) is 0 Å². The molecule has 8 heteroatoms. The lowest BCUT2D eigenvalue weighted by molar-refractivity contribution is 0.214. The molecule has 0 bridgehead atoms. The van der Waals surface area contributed by atoms with Crippen molar-refractivity contribution < 1.29 is 0 Å².